The predicted octanol–water partition coefficient (Wildman–Crippen LogP) is 2.51. The van der Waals surface area contributed by atoms with Gasteiger partial charge >= 0.3 is 14.8 Å². The van der Waals surface area contributed by atoms with Crippen molar-refractivity contribution in [1.82, 2.24) is 0 Å². The zero-order valence-corrected chi connectivity index (χ0v) is 24.0. The fraction of sp³-hybridized carbons (Fsp3) is 0.526. The molecule has 160 valence electrons. The Balaban J connectivity index is 5.27. The predicted molar refractivity (Wildman–Crippen MR) is 128 cm³/mol. The minimum absolute atomic E-state index is 0.328. The molecule has 0 bridgehead atoms. The van der Waals surface area contributed by atoms with E-state index >= 15 is 0 Å². The molecule has 0 fully saturated rings. The molecule has 0 spiro atoms. The summed E-state index contributed by atoms with van der Waals surface area (Å²) in [5, 5.41) is 3.85. The highest BCUT2D eigenvalue weighted by atomic mass is 28.5. The van der Waals surface area contributed by atoms with Crippen LogP contribution in [0.5, 0.6) is 0 Å². The molecule has 0 aromatic heterocycles. The van der Waals surface area contributed by atoms with Gasteiger partial charge in [-0.3, -0.25) is 0 Å². The Hall–Kier alpha value is -0.822. The number of rotatable bonds is 14. The summed E-state index contributed by atoms with van der Waals surface area (Å²) in [5.74, 6) is -0.354. The van der Waals surface area contributed by atoms with Gasteiger partial charge in [0.2, 0.25) is 0 Å². The lowest BCUT2D eigenvalue weighted by Crippen LogP contribution is -2.49. The molecule has 0 atom stereocenters. The van der Waals surface area contributed by atoms with Crippen molar-refractivity contribution in [2.24, 2.45) is 0 Å². The van der Waals surface area contributed by atoms with Gasteiger partial charge in [0.1, 0.15) is 0 Å². The first kappa shape index (κ1) is 27.2. The van der Waals surface area contributed by atoms with E-state index in [-0.39, 0.29) is 5.97 Å². The summed E-state index contributed by atoms with van der Waals surface area (Å²) < 4.78 is 24.6. The molecule has 0 aromatic rings. The highest BCUT2D eigenvalue weighted by molar-refractivity contribution is 6.75. The highest BCUT2D eigenvalue weighted by Crippen LogP contribution is 2.20. The SMILES string of the molecule is C=C(C)C(=O)OCCC[Si](O[SiH2]C(C)=CC)(O[SiH2]C(C)=CC)O[SiH2]C(C)=CC. The summed E-state index contributed by atoms with van der Waals surface area (Å²) in [5.41, 5.74) is 0.413. The average molecular weight is 459 g/mol. The molecular formula is C19H38O5Si4. The van der Waals surface area contributed by atoms with Gasteiger partial charge in [0.25, 0.3) is 0 Å². The Labute approximate surface area is 179 Å². The van der Waals surface area contributed by atoms with Gasteiger partial charge in [0, 0.05) is 11.6 Å². The van der Waals surface area contributed by atoms with Crippen molar-refractivity contribution < 1.29 is 21.9 Å². The summed E-state index contributed by atoms with van der Waals surface area (Å²) in [6, 6.07) is 0.675. The number of hydrogen-bond acceptors (Lipinski definition) is 5. The lowest BCUT2D eigenvalue weighted by atomic mass is 10.4. The van der Waals surface area contributed by atoms with E-state index in [1.807, 2.05) is 20.8 Å². The Morgan fingerprint density at radius 2 is 1.25 bits per heavy atom. The van der Waals surface area contributed by atoms with Crippen LogP contribution in [0.2, 0.25) is 6.04 Å². The van der Waals surface area contributed by atoms with E-state index in [4.69, 9.17) is 17.1 Å². The number of carbonyl (C=O) groups is 1. The minimum Gasteiger partial charge on any atom is -0.462 e. The van der Waals surface area contributed by atoms with Crippen molar-refractivity contribution in [3.8, 4) is 0 Å². The molecule has 9 heteroatoms. The molecule has 0 saturated carbocycles. The molecule has 0 amide bonds. The molecule has 0 unspecified atom stereocenters. The lowest BCUT2D eigenvalue weighted by Gasteiger charge is -2.32. The van der Waals surface area contributed by atoms with E-state index in [9.17, 15) is 4.79 Å². The zero-order chi connectivity index (χ0) is 21.6. The van der Waals surface area contributed by atoms with E-state index in [1.165, 1.54) is 15.6 Å². The van der Waals surface area contributed by atoms with Gasteiger partial charge in [-0.25, -0.2) is 4.79 Å². The van der Waals surface area contributed by atoms with E-state index in [2.05, 4.69) is 45.6 Å². The van der Waals surface area contributed by atoms with Crippen LogP contribution in [0.4, 0.5) is 0 Å². The molecule has 0 rings (SSSR count). The van der Waals surface area contributed by atoms with Crippen molar-refractivity contribution in [2.45, 2.75) is 60.9 Å². The van der Waals surface area contributed by atoms with Crippen LogP contribution in [-0.2, 0) is 21.9 Å². The average Bonchev–Trinajstić information content (AvgIpc) is 2.70. The normalized spacial score (nSPS) is 16.6. The quantitative estimate of drug-likeness (QED) is 0.173. The van der Waals surface area contributed by atoms with Crippen molar-refractivity contribution >= 4 is 44.1 Å². The topological polar surface area (TPSA) is 54.0 Å². The maximum Gasteiger partial charge on any atom is 0.469 e. The van der Waals surface area contributed by atoms with Crippen LogP contribution in [0, 0.1) is 0 Å². The van der Waals surface area contributed by atoms with Gasteiger partial charge in [-0.15, -0.1) is 0 Å². The van der Waals surface area contributed by atoms with Gasteiger partial charge in [-0.05, 0) is 54.9 Å². The van der Waals surface area contributed by atoms with Crippen LogP contribution in [0.25, 0.3) is 0 Å². The fourth-order valence-electron chi connectivity index (χ4n) is 1.84. The van der Waals surface area contributed by atoms with E-state index in [0.29, 0.717) is 24.6 Å². The number of carbonyl (C=O) groups excluding carboxylic acids is 1. The summed E-state index contributed by atoms with van der Waals surface area (Å²) >= 11 is 0. The molecule has 0 aliphatic rings. The van der Waals surface area contributed by atoms with E-state index in [0.717, 1.165) is 0 Å². The van der Waals surface area contributed by atoms with Crippen LogP contribution in [-0.4, -0.2) is 50.7 Å². The second-order valence-electron chi connectivity index (χ2n) is 6.97. The smallest absolute Gasteiger partial charge is 0.462 e. The van der Waals surface area contributed by atoms with Gasteiger partial charge in [0.05, 0.1) is 6.61 Å². The van der Waals surface area contributed by atoms with Crippen molar-refractivity contribution in [3.63, 3.8) is 0 Å². The Morgan fingerprint density at radius 3 is 1.57 bits per heavy atom. The Morgan fingerprint density at radius 1 is 0.857 bits per heavy atom. The van der Waals surface area contributed by atoms with Crippen LogP contribution in [0.1, 0.15) is 54.9 Å². The third-order valence-corrected chi connectivity index (χ3v) is 14.8. The number of ether oxygens (including phenoxy) is 1. The van der Waals surface area contributed by atoms with Gasteiger partial charge in [-0.2, -0.15) is 0 Å². The van der Waals surface area contributed by atoms with E-state index < -0.39 is 38.1 Å². The summed E-state index contributed by atoms with van der Waals surface area (Å²) in [7, 11) is -5.41. The Bertz CT molecular complexity index is 544. The van der Waals surface area contributed by atoms with Gasteiger partial charge in [0.15, 0.2) is 29.3 Å². The molecule has 0 N–H and O–H groups in total. The van der Waals surface area contributed by atoms with Crippen LogP contribution >= 0.6 is 0 Å². The first-order valence-corrected chi connectivity index (χ1v) is 15.6. The van der Waals surface area contributed by atoms with Crippen LogP contribution < -0.4 is 0 Å². The molecule has 0 aliphatic heterocycles. The second-order valence-corrected chi connectivity index (χ2v) is 16.5. The van der Waals surface area contributed by atoms with Crippen molar-refractivity contribution in [1.29, 1.82) is 0 Å². The standard InChI is InChI=1S/C19H38O5Si4/c1-9-16(6)25-22-28(23-26-17(7)10-2,24-27-18(8)11-3)14-12-13-21-19(20)15(4)5/h9-11H,4,12-14,25-27H2,1-3,5-8H3. The Kier molecular flexibility index (Phi) is 14.6. The first-order valence-electron chi connectivity index (χ1n) is 9.79. The van der Waals surface area contributed by atoms with Crippen LogP contribution in [0.15, 0.2) is 46.0 Å². The molecular weight excluding hydrogens is 421 g/mol. The molecule has 0 heterocycles. The lowest BCUT2D eigenvalue weighted by molar-refractivity contribution is -0.138. The van der Waals surface area contributed by atoms with Crippen LogP contribution in [0.3, 0.4) is 0 Å². The van der Waals surface area contributed by atoms with Gasteiger partial charge in [-0.1, -0.05) is 40.4 Å². The third kappa shape index (κ3) is 11.9. The molecule has 5 nitrogen and oxygen atoms in total. The fourth-order valence-corrected chi connectivity index (χ4v) is 13.3. The van der Waals surface area contributed by atoms with Crippen molar-refractivity contribution in [3.05, 3.63) is 46.0 Å². The maximum atomic E-state index is 11.6. The molecule has 0 radical (unpaired) electrons. The second kappa shape index (κ2) is 15.1. The number of esters is 1. The molecule has 28 heavy (non-hydrogen) atoms. The maximum absolute atomic E-state index is 11.6. The largest absolute Gasteiger partial charge is 0.469 e. The third-order valence-electron chi connectivity index (χ3n) is 4.25. The summed E-state index contributed by atoms with van der Waals surface area (Å²) in [4.78, 5) is 11.6. The van der Waals surface area contributed by atoms with Crippen molar-refractivity contribution in [2.75, 3.05) is 6.61 Å². The molecule has 0 saturated heterocycles. The number of hydrogen-bond donors (Lipinski definition) is 0. The zero-order valence-electron chi connectivity index (χ0n) is 18.7. The minimum atomic E-state index is -2.78. The number of allylic oxidation sites excluding steroid dienone is 6. The first-order chi connectivity index (χ1) is 13.2. The molecule has 0 aliphatic carbocycles. The van der Waals surface area contributed by atoms with Gasteiger partial charge < -0.3 is 17.1 Å². The highest BCUT2D eigenvalue weighted by Gasteiger charge is 2.39. The van der Waals surface area contributed by atoms with E-state index in [1.54, 1.807) is 6.92 Å². The molecule has 0 aromatic carbocycles. The summed E-state index contributed by atoms with van der Waals surface area (Å²) in [6.45, 7) is 18.0. The summed E-state index contributed by atoms with van der Waals surface area (Å²) in [6.07, 6.45) is 6.97. The monoisotopic (exact) mass is 458 g/mol.